The predicted molar refractivity (Wildman–Crippen MR) is 158 cm³/mol. The predicted octanol–water partition coefficient (Wildman–Crippen LogP) is 3.12. The molecule has 2 fully saturated rings. The molecule has 0 bridgehead atoms. The SMILES string of the molecule is O=C(CN1CC[C@H]2NC(=O)[C@@H](Cc3ccccc3)NC(=O)C3(C/C=C/C[C@H]2C1)CCOCC3)NCc1ccc(F)cc1. The van der Waals surface area contributed by atoms with Gasteiger partial charge in [-0.25, -0.2) is 4.39 Å². The molecule has 2 aromatic rings. The Kier molecular flexibility index (Phi) is 10.0. The summed E-state index contributed by atoms with van der Waals surface area (Å²) in [6.45, 7) is 3.01. The number of likely N-dealkylation sites (tertiary alicyclic amines) is 1. The third-order valence-electron chi connectivity index (χ3n) is 8.87. The number of carbonyl (C=O) groups is 3. The number of hydrogen-bond donors (Lipinski definition) is 3. The Morgan fingerprint density at radius 3 is 2.52 bits per heavy atom. The van der Waals surface area contributed by atoms with Crippen LogP contribution in [0.25, 0.3) is 0 Å². The Labute approximate surface area is 247 Å². The second-order valence-electron chi connectivity index (χ2n) is 11.8. The lowest BCUT2D eigenvalue weighted by molar-refractivity contribution is -0.140. The molecule has 2 saturated heterocycles. The molecule has 5 rings (SSSR count). The van der Waals surface area contributed by atoms with E-state index in [0.29, 0.717) is 65.0 Å². The van der Waals surface area contributed by atoms with Crippen molar-refractivity contribution in [2.75, 3.05) is 32.8 Å². The molecule has 3 aliphatic heterocycles. The van der Waals surface area contributed by atoms with Crippen LogP contribution in [-0.2, 0) is 32.1 Å². The van der Waals surface area contributed by atoms with Gasteiger partial charge in [-0.1, -0.05) is 54.6 Å². The first kappa shape index (κ1) is 29.9. The summed E-state index contributed by atoms with van der Waals surface area (Å²) in [4.78, 5) is 42.3. The highest BCUT2D eigenvalue weighted by atomic mass is 19.1. The van der Waals surface area contributed by atoms with Gasteiger partial charge in [-0.15, -0.1) is 0 Å². The molecule has 9 heteroatoms. The number of allylic oxidation sites excluding steroid dienone is 2. The van der Waals surface area contributed by atoms with E-state index in [0.717, 1.165) is 17.5 Å². The fourth-order valence-corrected chi connectivity index (χ4v) is 6.26. The van der Waals surface area contributed by atoms with Crippen molar-refractivity contribution >= 4 is 17.7 Å². The molecule has 0 unspecified atom stereocenters. The number of rotatable bonds is 6. The van der Waals surface area contributed by atoms with Gasteiger partial charge in [0, 0.05) is 45.3 Å². The van der Waals surface area contributed by atoms with Crippen molar-refractivity contribution in [3.8, 4) is 0 Å². The van der Waals surface area contributed by atoms with Crippen LogP contribution in [0.3, 0.4) is 0 Å². The van der Waals surface area contributed by atoms with E-state index in [9.17, 15) is 18.8 Å². The fourth-order valence-electron chi connectivity index (χ4n) is 6.26. The third kappa shape index (κ3) is 7.83. The van der Waals surface area contributed by atoms with Gasteiger partial charge in [0.15, 0.2) is 0 Å². The van der Waals surface area contributed by atoms with Crippen molar-refractivity contribution in [3.05, 3.63) is 83.7 Å². The van der Waals surface area contributed by atoms with Crippen molar-refractivity contribution in [3.63, 3.8) is 0 Å². The molecule has 0 aliphatic carbocycles. The molecule has 8 nitrogen and oxygen atoms in total. The minimum absolute atomic E-state index is 0.0627. The summed E-state index contributed by atoms with van der Waals surface area (Å²) >= 11 is 0. The third-order valence-corrected chi connectivity index (χ3v) is 8.87. The van der Waals surface area contributed by atoms with E-state index in [1.54, 1.807) is 12.1 Å². The average Bonchev–Trinajstić information content (AvgIpc) is 3.00. The molecule has 224 valence electrons. The van der Waals surface area contributed by atoms with Crippen LogP contribution < -0.4 is 16.0 Å². The Morgan fingerprint density at radius 1 is 1.00 bits per heavy atom. The summed E-state index contributed by atoms with van der Waals surface area (Å²) in [7, 11) is 0. The van der Waals surface area contributed by atoms with Gasteiger partial charge < -0.3 is 20.7 Å². The molecule has 3 N–H and O–H groups in total. The lowest BCUT2D eigenvalue weighted by Crippen LogP contribution is -2.58. The molecule has 3 amide bonds. The number of hydrogen-bond acceptors (Lipinski definition) is 5. The van der Waals surface area contributed by atoms with Crippen LogP contribution in [0.4, 0.5) is 4.39 Å². The summed E-state index contributed by atoms with van der Waals surface area (Å²) in [5, 5.41) is 9.33. The van der Waals surface area contributed by atoms with Gasteiger partial charge in [-0.05, 0) is 61.3 Å². The van der Waals surface area contributed by atoms with Gasteiger partial charge in [0.05, 0.1) is 12.0 Å². The van der Waals surface area contributed by atoms with Crippen LogP contribution in [0.2, 0.25) is 0 Å². The maximum absolute atomic E-state index is 13.7. The van der Waals surface area contributed by atoms with Crippen LogP contribution >= 0.6 is 0 Å². The monoisotopic (exact) mass is 576 g/mol. The zero-order chi connectivity index (χ0) is 29.4. The summed E-state index contributed by atoms with van der Waals surface area (Å²) in [6, 6.07) is 15.1. The molecule has 2 aromatic carbocycles. The van der Waals surface area contributed by atoms with Gasteiger partial charge >= 0.3 is 0 Å². The van der Waals surface area contributed by atoms with E-state index in [2.05, 4.69) is 33.0 Å². The highest BCUT2D eigenvalue weighted by molar-refractivity contribution is 5.90. The summed E-state index contributed by atoms with van der Waals surface area (Å²) in [5.74, 6) is -0.507. The van der Waals surface area contributed by atoms with Crippen LogP contribution in [0, 0.1) is 17.2 Å². The zero-order valence-electron chi connectivity index (χ0n) is 24.0. The molecule has 42 heavy (non-hydrogen) atoms. The molecule has 3 aliphatic rings. The minimum Gasteiger partial charge on any atom is -0.381 e. The Bertz CT molecular complexity index is 1250. The first-order chi connectivity index (χ1) is 20.4. The van der Waals surface area contributed by atoms with Crippen LogP contribution in [0.5, 0.6) is 0 Å². The number of benzene rings is 2. The number of carbonyl (C=O) groups excluding carboxylic acids is 3. The largest absolute Gasteiger partial charge is 0.381 e. The average molecular weight is 577 g/mol. The van der Waals surface area contributed by atoms with Gasteiger partial charge in [-0.2, -0.15) is 0 Å². The Hall–Kier alpha value is -3.56. The molecule has 3 atom stereocenters. The molecule has 0 radical (unpaired) electrons. The molecule has 0 aromatic heterocycles. The molecular weight excluding hydrogens is 535 g/mol. The van der Waals surface area contributed by atoms with Gasteiger partial charge in [0.2, 0.25) is 17.7 Å². The highest BCUT2D eigenvalue weighted by Crippen LogP contribution is 2.36. The zero-order valence-corrected chi connectivity index (χ0v) is 24.0. The van der Waals surface area contributed by atoms with E-state index in [1.165, 1.54) is 12.1 Å². The Morgan fingerprint density at radius 2 is 1.76 bits per heavy atom. The van der Waals surface area contributed by atoms with E-state index < -0.39 is 11.5 Å². The van der Waals surface area contributed by atoms with Crippen LogP contribution in [-0.4, -0.2) is 67.6 Å². The standard InChI is InChI=1S/C33H41FN4O4/c34-27-11-9-25(10-12-27)21-35-30(39)23-38-17-13-28-26(22-38)8-4-5-14-33(15-18-42-19-16-33)32(41)37-29(31(40)36-28)20-24-6-2-1-3-7-24/h1-7,9-12,26,28-29H,8,13-23H2,(H,35,39)(H,36,40)(H,37,41)/b5-4+/t26-,28+,29+/m0/s1. The second-order valence-corrected chi connectivity index (χ2v) is 11.8. The number of fused-ring (bicyclic) bond motifs is 1. The van der Waals surface area contributed by atoms with Crippen LogP contribution in [0.1, 0.15) is 43.2 Å². The van der Waals surface area contributed by atoms with E-state index in [-0.39, 0.29) is 42.0 Å². The fraction of sp³-hybridized carbons (Fsp3) is 0.485. The van der Waals surface area contributed by atoms with E-state index in [4.69, 9.17) is 4.74 Å². The van der Waals surface area contributed by atoms with Crippen molar-refractivity contribution in [1.29, 1.82) is 0 Å². The van der Waals surface area contributed by atoms with Crippen molar-refractivity contribution in [2.45, 2.75) is 57.2 Å². The minimum atomic E-state index is -0.682. The smallest absolute Gasteiger partial charge is 0.243 e. The van der Waals surface area contributed by atoms with Gasteiger partial charge in [0.1, 0.15) is 11.9 Å². The van der Waals surface area contributed by atoms with Crippen molar-refractivity contribution < 1.29 is 23.5 Å². The number of piperidine rings is 1. The molecular formula is C33H41FN4O4. The lowest BCUT2D eigenvalue weighted by Gasteiger charge is -2.40. The lowest BCUT2D eigenvalue weighted by atomic mass is 9.75. The number of nitrogens with one attached hydrogen (secondary N) is 3. The summed E-state index contributed by atoms with van der Waals surface area (Å²) in [5.41, 5.74) is 1.24. The summed E-state index contributed by atoms with van der Waals surface area (Å²) in [6.07, 6.45) is 7.97. The van der Waals surface area contributed by atoms with E-state index >= 15 is 0 Å². The first-order valence-corrected chi connectivity index (χ1v) is 15.0. The normalized spacial score (nSPS) is 25.7. The molecule has 3 heterocycles. The number of ether oxygens (including phenoxy) is 1. The number of amides is 3. The van der Waals surface area contributed by atoms with Crippen LogP contribution in [0.15, 0.2) is 66.7 Å². The first-order valence-electron chi connectivity index (χ1n) is 15.0. The van der Waals surface area contributed by atoms with Crippen molar-refractivity contribution in [1.82, 2.24) is 20.9 Å². The molecule has 0 saturated carbocycles. The molecule has 1 spiro atoms. The Balaban J connectivity index is 1.27. The van der Waals surface area contributed by atoms with Gasteiger partial charge in [0.25, 0.3) is 0 Å². The quantitative estimate of drug-likeness (QED) is 0.459. The number of halogens is 1. The number of nitrogens with zero attached hydrogens (tertiary/aromatic N) is 1. The topological polar surface area (TPSA) is 99.8 Å². The maximum Gasteiger partial charge on any atom is 0.243 e. The maximum atomic E-state index is 13.7. The van der Waals surface area contributed by atoms with Gasteiger partial charge in [-0.3, -0.25) is 19.3 Å². The van der Waals surface area contributed by atoms with E-state index in [1.807, 2.05) is 30.3 Å². The van der Waals surface area contributed by atoms with Crippen molar-refractivity contribution in [2.24, 2.45) is 11.3 Å². The summed E-state index contributed by atoms with van der Waals surface area (Å²) < 4.78 is 18.8. The highest BCUT2D eigenvalue weighted by Gasteiger charge is 2.41. The second kappa shape index (κ2) is 14.1.